The van der Waals surface area contributed by atoms with Gasteiger partial charge in [-0.2, -0.15) is 0 Å². The van der Waals surface area contributed by atoms with E-state index in [-0.39, 0.29) is 17.5 Å². The van der Waals surface area contributed by atoms with E-state index in [1.165, 1.54) is 24.4 Å². The molecule has 126 valence electrons. The molecule has 0 bridgehead atoms. The third-order valence-corrected chi connectivity index (χ3v) is 3.65. The predicted molar refractivity (Wildman–Crippen MR) is 95.9 cm³/mol. The zero-order valence-electron chi connectivity index (χ0n) is 13.3. The highest BCUT2D eigenvalue weighted by Crippen LogP contribution is 2.21. The molecule has 0 aliphatic rings. The van der Waals surface area contributed by atoms with Crippen molar-refractivity contribution < 1.29 is 9.18 Å². The third-order valence-electron chi connectivity index (χ3n) is 3.42. The van der Waals surface area contributed by atoms with E-state index in [1.807, 2.05) is 13.0 Å². The standard InChI is InChI=1S/C18H14ClFN4O/c1-11-5-6-12(19)9-16(11)23-17(25)15-7-8-21-18(24-15)22-14-4-2-3-13(20)10-14/h2-10H,1H3,(H,23,25)(H,21,22,24). The lowest BCUT2D eigenvalue weighted by atomic mass is 10.2. The van der Waals surface area contributed by atoms with Crippen LogP contribution in [0.15, 0.2) is 54.7 Å². The van der Waals surface area contributed by atoms with Gasteiger partial charge in [-0.15, -0.1) is 0 Å². The molecule has 0 spiro atoms. The summed E-state index contributed by atoms with van der Waals surface area (Å²) in [4.78, 5) is 20.6. The van der Waals surface area contributed by atoms with Gasteiger partial charge in [-0.3, -0.25) is 4.79 Å². The molecule has 0 saturated carbocycles. The summed E-state index contributed by atoms with van der Waals surface area (Å²) in [5.74, 6) is -0.577. The normalized spacial score (nSPS) is 10.4. The van der Waals surface area contributed by atoms with Crippen molar-refractivity contribution >= 4 is 34.8 Å². The Labute approximate surface area is 148 Å². The van der Waals surface area contributed by atoms with Gasteiger partial charge in [0, 0.05) is 22.6 Å². The summed E-state index contributed by atoms with van der Waals surface area (Å²) in [6.45, 7) is 1.86. The number of halogens is 2. The van der Waals surface area contributed by atoms with Gasteiger partial charge >= 0.3 is 0 Å². The number of nitrogens with zero attached hydrogens (tertiary/aromatic N) is 2. The van der Waals surface area contributed by atoms with Crippen molar-refractivity contribution in [3.63, 3.8) is 0 Å². The lowest BCUT2D eigenvalue weighted by molar-refractivity contribution is 0.102. The largest absolute Gasteiger partial charge is 0.324 e. The van der Waals surface area contributed by atoms with Crippen LogP contribution >= 0.6 is 11.6 Å². The Morgan fingerprint density at radius 3 is 2.80 bits per heavy atom. The van der Waals surface area contributed by atoms with Gasteiger partial charge in [0.05, 0.1) is 0 Å². The Bertz CT molecular complexity index is 932. The van der Waals surface area contributed by atoms with Gasteiger partial charge < -0.3 is 10.6 Å². The number of benzene rings is 2. The van der Waals surface area contributed by atoms with Gasteiger partial charge in [-0.1, -0.05) is 23.7 Å². The molecule has 0 aliphatic heterocycles. The molecular weight excluding hydrogens is 343 g/mol. The smallest absolute Gasteiger partial charge is 0.274 e. The van der Waals surface area contributed by atoms with Crippen LogP contribution in [0.3, 0.4) is 0 Å². The van der Waals surface area contributed by atoms with Crippen LogP contribution in [-0.4, -0.2) is 15.9 Å². The Hall–Kier alpha value is -2.99. The molecule has 25 heavy (non-hydrogen) atoms. The second-order valence-electron chi connectivity index (χ2n) is 5.31. The molecule has 1 aromatic heterocycles. The highest BCUT2D eigenvalue weighted by Gasteiger charge is 2.11. The first-order valence-corrected chi connectivity index (χ1v) is 7.82. The van der Waals surface area contributed by atoms with Crippen LogP contribution in [0.2, 0.25) is 5.02 Å². The van der Waals surface area contributed by atoms with E-state index in [1.54, 1.807) is 24.3 Å². The molecule has 3 aromatic rings. The minimum absolute atomic E-state index is 0.174. The summed E-state index contributed by atoms with van der Waals surface area (Å²) in [6, 6.07) is 12.6. The predicted octanol–water partition coefficient (Wildman–Crippen LogP) is 4.57. The number of anilines is 3. The fourth-order valence-corrected chi connectivity index (χ4v) is 2.33. The number of aryl methyl sites for hydroxylation is 1. The highest BCUT2D eigenvalue weighted by molar-refractivity contribution is 6.31. The highest BCUT2D eigenvalue weighted by atomic mass is 35.5. The van der Waals surface area contributed by atoms with Crippen LogP contribution in [0.5, 0.6) is 0 Å². The summed E-state index contributed by atoms with van der Waals surface area (Å²) in [5, 5.41) is 6.15. The number of rotatable bonds is 4. The van der Waals surface area contributed by atoms with Crippen molar-refractivity contribution in [1.82, 2.24) is 9.97 Å². The van der Waals surface area contributed by atoms with E-state index >= 15 is 0 Å². The Kier molecular flexibility index (Phi) is 4.90. The first-order valence-electron chi connectivity index (χ1n) is 7.44. The van der Waals surface area contributed by atoms with Gasteiger partial charge in [0.1, 0.15) is 11.5 Å². The molecule has 0 saturated heterocycles. The van der Waals surface area contributed by atoms with Crippen molar-refractivity contribution in [2.24, 2.45) is 0 Å². The number of carbonyl (C=O) groups excluding carboxylic acids is 1. The maximum absolute atomic E-state index is 13.2. The minimum Gasteiger partial charge on any atom is -0.324 e. The summed E-state index contributed by atoms with van der Waals surface area (Å²) in [6.07, 6.45) is 1.45. The fraction of sp³-hybridized carbons (Fsp3) is 0.0556. The van der Waals surface area contributed by atoms with Crippen LogP contribution in [-0.2, 0) is 0 Å². The second-order valence-corrected chi connectivity index (χ2v) is 5.75. The SMILES string of the molecule is Cc1ccc(Cl)cc1NC(=O)c1ccnc(Nc2cccc(F)c2)n1. The van der Waals surface area contributed by atoms with E-state index in [0.29, 0.717) is 16.4 Å². The number of carbonyl (C=O) groups is 1. The first-order chi connectivity index (χ1) is 12.0. The van der Waals surface area contributed by atoms with E-state index in [0.717, 1.165) is 5.56 Å². The van der Waals surface area contributed by atoms with Gasteiger partial charge in [0.25, 0.3) is 5.91 Å². The van der Waals surface area contributed by atoms with Crippen LogP contribution in [0.1, 0.15) is 16.1 Å². The van der Waals surface area contributed by atoms with E-state index < -0.39 is 5.91 Å². The summed E-state index contributed by atoms with van der Waals surface area (Å²) >= 11 is 5.96. The minimum atomic E-state index is -0.393. The van der Waals surface area contributed by atoms with Crippen molar-refractivity contribution in [3.05, 3.63) is 76.8 Å². The zero-order valence-corrected chi connectivity index (χ0v) is 14.0. The average molecular weight is 357 g/mol. The molecule has 0 unspecified atom stereocenters. The topological polar surface area (TPSA) is 66.9 Å². The van der Waals surface area contributed by atoms with E-state index in [2.05, 4.69) is 20.6 Å². The Morgan fingerprint density at radius 1 is 1.16 bits per heavy atom. The van der Waals surface area contributed by atoms with E-state index in [4.69, 9.17) is 11.6 Å². The fourth-order valence-electron chi connectivity index (χ4n) is 2.16. The van der Waals surface area contributed by atoms with E-state index in [9.17, 15) is 9.18 Å². The van der Waals surface area contributed by atoms with Gasteiger partial charge in [0.2, 0.25) is 5.95 Å². The molecule has 5 nitrogen and oxygen atoms in total. The molecule has 7 heteroatoms. The van der Waals surface area contributed by atoms with Crippen molar-refractivity contribution in [1.29, 1.82) is 0 Å². The lowest BCUT2D eigenvalue weighted by Gasteiger charge is -2.09. The maximum Gasteiger partial charge on any atom is 0.274 e. The zero-order chi connectivity index (χ0) is 17.8. The number of amides is 1. The van der Waals surface area contributed by atoms with Gasteiger partial charge in [-0.25, -0.2) is 14.4 Å². The van der Waals surface area contributed by atoms with Gasteiger partial charge in [-0.05, 0) is 48.9 Å². The molecule has 3 rings (SSSR count). The maximum atomic E-state index is 13.2. The van der Waals surface area contributed by atoms with Crippen LogP contribution in [0.4, 0.5) is 21.7 Å². The van der Waals surface area contributed by atoms with Crippen molar-refractivity contribution in [2.75, 3.05) is 10.6 Å². The Balaban J connectivity index is 1.78. The number of hydrogen-bond acceptors (Lipinski definition) is 4. The number of aromatic nitrogens is 2. The molecule has 2 N–H and O–H groups in total. The molecule has 2 aromatic carbocycles. The third kappa shape index (κ3) is 4.30. The molecule has 1 amide bonds. The second kappa shape index (κ2) is 7.27. The molecule has 1 heterocycles. The van der Waals surface area contributed by atoms with Gasteiger partial charge in [0.15, 0.2) is 0 Å². The van der Waals surface area contributed by atoms with Crippen LogP contribution in [0, 0.1) is 12.7 Å². The molecule has 0 atom stereocenters. The van der Waals surface area contributed by atoms with Crippen LogP contribution in [0.25, 0.3) is 0 Å². The van der Waals surface area contributed by atoms with Crippen molar-refractivity contribution in [2.45, 2.75) is 6.92 Å². The number of hydrogen-bond donors (Lipinski definition) is 2. The summed E-state index contributed by atoms with van der Waals surface area (Å²) < 4.78 is 13.2. The quantitative estimate of drug-likeness (QED) is 0.718. The Morgan fingerprint density at radius 2 is 2.00 bits per heavy atom. The molecule has 0 fully saturated rings. The molecule has 0 radical (unpaired) electrons. The number of nitrogens with one attached hydrogen (secondary N) is 2. The molecular formula is C18H14ClFN4O. The lowest BCUT2D eigenvalue weighted by Crippen LogP contribution is -2.15. The summed E-state index contributed by atoms with van der Waals surface area (Å²) in [7, 11) is 0. The first kappa shape index (κ1) is 16.9. The molecule has 0 aliphatic carbocycles. The van der Waals surface area contributed by atoms with Crippen LogP contribution < -0.4 is 10.6 Å². The summed E-state index contributed by atoms with van der Waals surface area (Å²) in [5.41, 5.74) is 2.15. The monoisotopic (exact) mass is 356 g/mol. The van der Waals surface area contributed by atoms with Crippen molar-refractivity contribution in [3.8, 4) is 0 Å². The average Bonchev–Trinajstić information content (AvgIpc) is 2.58.